The predicted octanol–water partition coefficient (Wildman–Crippen LogP) is 2.87. The van der Waals surface area contributed by atoms with E-state index in [4.69, 9.17) is 16.3 Å². The molecule has 0 aliphatic heterocycles. The molecule has 0 aliphatic carbocycles. The van der Waals surface area contributed by atoms with Crippen molar-refractivity contribution in [3.8, 4) is 5.75 Å². The van der Waals surface area contributed by atoms with Crippen LogP contribution in [0.25, 0.3) is 0 Å². The zero-order valence-electron chi connectivity index (χ0n) is 11.2. The van der Waals surface area contributed by atoms with E-state index in [0.717, 1.165) is 0 Å². The molecule has 0 spiro atoms. The number of ether oxygens (including phenoxy) is 1. The highest BCUT2D eigenvalue weighted by atomic mass is 35.5. The molecule has 1 amide bonds. The SMILES string of the molecule is Cn1nccc1NC(=O)CCCOc1ccccc1Cl. The second kappa shape index (κ2) is 6.96. The van der Waals surface area contributed by atoms with Gasteiger partial charge < -0.3 is 10.1 Å². The van der Waals surface area contributed by atoms with Gasteiger partial charge in [0.2, 0.25) is 5.91 Å². The Morgan fingerprint density at radius 2 is 2.20 bits per heavy atom. The standard InChI is InChI=1S/C14H16ClN3O2/c1-18-13(8-9-16-18)17-14(19)7-4-10-20-12-6-3-2-5-11(12)15/h2-3,5-6,8-9H,4,7,10H2,1H3,(H,17,19). The average Bonchev–Trinajstić information content (AvgIpc) is 2.82. The highest BCUT2D eigenvalue weighted by molar-refractivity contribution is 6.32. The highest BCUT2D eigenvalue weighted by Gasteiger charge is 2.05. The van der Waals surface area contributed by atoms with Gasteiger partial charge in [-0.15, -0.1) is 0 Å². The molecule has 106 valence electrons. The van der Waals surface area contributed by atoms with Crippen molar-refractivity contribution >= 4 is 23.3 Å². The Kier molecular flexibility index (Phi) is 5.01. The number of hydrogen-bond acceptors (Lipinski definition) is 3. The molecule has 1 aromatic carbocycles. The number of nitrogens with zero attached hydrogens (tertiary/aromatic N) is 2. The lowest BCUT2D eigenvalue weighted by Gasteiger charge is -2.08. The topological polar surface area (TPSA) is 56.2 Å². The number of aryl methyl sites for hydroxylation is 1. The van der Waals surface area contributed by atoms with Crippen molar-refractivity contribution in [2.45, 2.75) is 12.8 Å². The van der Waals surface area contributed by atoms with Gasteiger partial charge in [0.1, 0.15) is 11.6 Å². The zero-order valence-corrected chi connectivity index (χ0v) is 11.9. The number of hydrogen-bond donors (Lipinski definition) is 1. The minimum absolute atomic E-state index is 0.0589. The third-order valence-corrected chi connectivity index (χ3v) is 3.04. The van der Waals surface area contributed by atoms with E-state index in [1.165, 1.54) is 0 Å². The summed E-state index contributed by atoms with van der Waals surface area (Å²) < 4.78 is 7.13. The first-order valence-electron chi connectivity index (χ1n) is 6.32. The van der Waals surface area contributed by atoms with Crippen molar-refractivity contribution in [2.24, 2.45) is 7.05 Å². The van der Waals surface area contributed by atoms with Crippen molar-refractivity contribution in [2.75, 3.05) is 11.9 Å². The van der Waals surface area contributed by atoms with E-state index in [0.29, 0.717) is 36.0 Å². The van der Waals surface area contributed by atoms with Gasteiger partial charge >= 0.3 is 0 Å². The lowest BCUT2D eigenvalue weighted by atomic mass is 10.3. The second-order valence-electron chi connectivity index (χ2n) is 4.27. The Hall–Kier alpha value is -2.01. The molecule has 2 aromatic rings. The predicted molar refractivity (Wildman–Crippen MR) is 78.0 cm³/mol. The van der Waals surface area contributed by atoms with Crippen LogP contribution in [0.3, 0.4) is 0 Å². The summed E-state index contributed by atoms with van der Waals surface area (Å²) in [6.45, 7) is 0.447. The Bertz CT molecular complexity index is 583. The first kappa shape index (κ1) is 14.4. The summed E-state index contributed by atoms with van der Waals surface area (Å²) in [5.41, 5.74) is 0. The van der Waals surface area contributed by atoms with Crippen molar-refractivity contribution in [1.82, 2.24) is 9.78 Å². The largest absolute Gasteiger partial charge is 0.492 e. The van der Waals surface area contributed by atoms with Crippen molar-refractivity contribution < 1.29 is 9.53 Å². The summed E-state index contributed by atoms with van der Waals surface area (Å²) in [6, 6.07) is 9.02. The Morgan fingerprint density at radius 3 is 2.90 bits per heavy atom. The van der Waals surface area contributed by atoms with Gasteiger partial charge in [-0.25, -0.2) is 0 Å². The van der Waals surface area contributed by atoms with E-state index < -0.39 is 0 Å². The molecule has 1 heterocycles. The van der Waals surface area contributed by atoms with Crippen LogP contribution in [0, 0.1) is 0 Å². The van der Waals surface area contributed by atoms with Crippen molar-refractivity contribution in [3.05, 3.63) is 41.6 Å². The Balaban J connectivity index is 1.70. The van der Waals surface area contributed by atoms with Crippen LogP contribution in [0.2, 0.25) is 5.02 Å². The van der Waals surface area contributed by atoms with Gasteiger partial charge in [0.05, 0.1) is 17.8 Å². The third-order valence-electron chi connectivity index (χ3n) is 2.73. The molecular weight excluding hydrogens is 278 g/mol. The number of para-hydroxylation sites is 1. The normalized spacial score (nSPS) is 10.3. The molecule has 0 radical (unpaired) electrons. The van der Waals surface area contributed by atoms with Crippen LogP contribution in [-0.4, -0.2) is 22.3 Å². The van der Waals surface area contributed by atoms with Crippen LogP contribution in [0.15, 0.2) is 36.5 Å². The Morgan fingerprint density at radius 1 is 1.40 bits per heavy atom. The maximum Gasteiger partial charge on any atom is 0.225 e. The van der Waals surface area contributed by atoms with E-state index in [1.54, 1.807) is 36.1 Å². The van der Waals surface area contributed by atoms with Crippen LogP contribution >= 0.6 is 11.6 Å². The van der Waals surface area contributed by atoms with Gasteiger partial charge in [0.25, 0.3) is 0 Å². The maximum absolute atomic E-state index is 11.7. The van der Waals surface area contributed by atoms with Gasteiger partial charge in [0, 0.05) is 19.5 Å². The molecule has 1 aromatic heterocycles. The van der Waals surface area contributed by atoms with E-state index >= 15 is 0 Å². The molecule has 0 saturated heterocycles. The van der Waals surface area contributed by atoms with Crippen molar-refractivity contribution in [3.63, 3.8) is 0 Å². The van der Waals surface area contributed by atoms with Crippen LogP contribution in [0.4, 0.5) is 5.82 Å². The molecule has 0 saturated carbocycles. The number of nitrogens with one attached hydrogen (secondary N) is 1. The average molecular weight is 294 g/mol. The molecular formula is C14H16ClN3O2. The molecule has 0 unspecified atom stereocenters. The van der Waals surface area contributed by atoms with Crippen LogP contribution in [0.5, 0.6) is 5.75 Å². The number of aromatic nitrogens is 2. The maximum atomic E-state index is 11.7. The van der Waals surface area contributed by atoms with Crippen LogP contribution in [-0.2, 0) is 11.8 Å². The van der Waals surface area contributed by atoms with E-state index in [9.17, 15) is 4.79 Å². The number of halogens is 1. The number of carbonyl (C=O) groups is 1. The van der Waals surface area contributed by atoms with Crippen LogP contribution < -0.4 is 10.1 Å². The fourth-order valence-electron chi connectivity index (χ4n) is 1.68. The van der Waals surface area contributed by atoms with Gasteiger partial charge in [-0.2, -0.15) is 5.10 Å². The van der Waals surface area contributed by atoms with Gasteiger partial charge in [-0.3, -0.25) is 9.48 Å². The summed E-state index contributed by atoms with van der Waals surface area (Å²) >= 11 is 5.96. The summed E-state index contributed by atoms with van der Waals surface area (Å²) in [5, 5.41) is 7.33. The monoisotopic (exact) mass is 293 g/mol. The minimum atomic E-state index is -0.0589. The first-order chi connectivity index (χ1) is 9.66. The molecule has 1 N–H and O–H groups in total. The highest BCUT2D eigenvalue weighted by Crippen LogP contribution is 2.23. The van der Waals surface area contributed by atoms with Gasteiger partial charge in [0.15, 0.2) is 0 Å². The van der Waals surface area contributed by atoms with Gasteiger partial charge in [-0.05, 0) is 18.6 Å². The number of anilines is 1. The second-order valence-corrected chi connectivity index (χ2v) is 4.68. The number of benzene rings is 1. The van der Waals surface area contributed by atoms with Crippen LogP contribution in [0.1, 0.15) is 12.8 Å². The molecule has 6 heteroatoms. The summed E-state index contributed by atoms with van der Waals surface area (Å²) in [4.78, 5) is 11.7. The van der Waals surface area contributed by atoms with Gasteiger partial charge in [-0.1, -0.05) is 23.7 Å². The molecule has 2 rings (SSSR count). The number of carbonyl (C=O) groups excluding carboxylic acids is 1. The lowest BCUT2D eigenvalue weighted by molar-refractivity contribution is -0.116. The smallest absolute Gasteiger partial charge is 0.225 e. The number of rotatable bonds is 6. The molecule has 0 aliphatic rings. The Labute approximate surface area is 122 Å². The van der Waals surface area contributed by atoms with E-state index in [-0.39, 0.29) is 5.91 Å². The lowest BCUT2D eigenvalue weighted by Crippen LogP contribution is -2.15. The van der Waals surface area contributed by atoms with Crippen molar-refractivity contribution in [1.29, 1.82) is 0 Å². The quantitative estimate of drug-likeness (QED) is 0.833. The summed E-state index contributed by atoms with van der Waals surface area (Å²) in [5.74, 6) is 1.26. The molecule has 0 atom stereocenters. The van der Waals surface area contributed by atoms with E-state index in [2.05, 4.69) is 10.4 Å². The molecule has 0 fully saturated rings. The summed E-state index contributed by atoms with van der Waals surface area (Å²) in [6.07, 6.45) is 2.64. The fourth-order valence-corrected chi connectivity index (χ4v) is 1.87. The summed E-state index contributed by atoms with van der Waals surface area (Å²) in [7, 11) is 1.77. The fraction of sp³-hybridized carbons (Fsp3) is 0.286. The molecule has 0 bridgehead atoms. The molecule has 20 heavy (non-hydrogen) atoms. The molecule has 5 nitrogen and oxygen atoms in total. The zero-order chi connectivity index (χ0) is 14.4. The third kappa shape index (κ3) is 3.99. The van der Waals surface area contributed by atoms with E-state index in [1.807, 2.05) is 12.1 Å². The first-order valence-corrected chi connectivity index (χ1v) is 6.70. The minimum Gasteiger partial charge on any atom is -0.492 e. The number of amides is 1.